The van der Waals surface area contributed by atoms with Crippen LogP contribution in [-0.2, 0) is 4.74 Å². The number of carbonyl (C=O) groups is 1. The molecule has 1 aliphatic rings. The number of likely N-dealkylation sites (tertiary alicyclic amines) is 1. The van der Waals surface area contributed by atoms with E-state index in [2.05, 4.69) is 0 Å². The van der Waals surface area contributed by atoms with Crippen molar-refractivity contribution in [3.8, 4) is 5.75 Å². The molecule has 1 aliphatic heterocycles. The fourth-order valence-corrected chi connectivity index (χ4v) is 2.46. The van der Waals surface area contributed by atoms with E-state index in [0.717, 1.165) is 12.8 Å². The zero-order valence-electron chi connectivity index (χ0n) is 10.9. The van der Waals surface area contributed by atoms with Crippen LogP contribution in [0.4, 0.5) is 0 Å². The minimum absolute atomic E-state index is 0.00623. The zero-order valence-corrected chi connectivity index (χ0v) is 11.7. The van der Waals surface area contributed by atoms with Gasteiger partial charge >= 0.3 is 0 Å². The van der Waals surface area contributed by atoms with Gasteiger partial charge in [-0.05, 0) is 38.0 Å². The van der Waals surface area contributed by atoms with E-state index in [1.807, 2.05) is 6.92 Å². The maximum absolute atomic E-state index is 12.3. The van der Waals surface area contributed by atoms with Crippen molar-refractivity contribution in [1.82, 2.24) is 4.90 Å². The van der Waals surface area contributed by atoms with Crippen LogP contribution in [0, 0.1) is 0 Å². The van der Waals surface area contributed by atoms with Gasteiger partial charge in [-0.15, -0.1) is 0 Å². The maximum Gasteiger partial charge on any atom is 0.253 e. The molecule has 0 aliphatic carbocycles. The summed E-state index contributed by atoms with van der Waals surface area (Å²) >= 11 is 5.82. The molecule has 1 aromatic carbocycles. The number of rotatable bonds is 3. The lowest BCUT2D eigenvalue weighted by molar-refractivity contribution is 0.0146. The zero-order chi connectivity index (χ0) is 13.8. The highest BCUT2D eigenvalue weighted by Gasteiger charge is 2.24. The Morgan fingerprint density at radius 1 is 1.47 bits per heavy atom. The van der Waals surface area contributed by atoms with E-state index in [-0.39, 0.29) is 22.8 Å². The number of ether oxygens (including phenoxy) is 1. The molecule has 2 rings (SSSR count). The predicted octanol–water partition coefficient (Wildman–Crippen LogP) is 2.69. The van der Waals surface area contributed by atoms with Crippen LogP contribution in [0.3, 0.4) is 0 Å². The van der Waals surface area contributed by atoms with Gasteiger partial charge in [0.25, 0.3) is 5.91 Å². The number of phenolic OH excluding ortho intramolecular Hbond substituents is 1. The Hall–Kier alpha value is -1.26. The van der Waals surface area contributed by atoms with Gasteiger partial charge in [0.2, 0.25) is 0 Å². The van der Waals surface area contributed by atoms with Crippen LogP contribution in [0.5, 0.6) is 5.75 Å². The van der Waals surface area contributed by atoms with Crippen LogP contribution in [0.15, 0.2) is 18.2 Å². The summed E-state index contributed by atoms with van der Waals surface area (Å²) in [6.45, 7) is 4.09. The SMILES string of the molecule is CCOC1CCN(C(=O)c2ccc(O)c(Cl)c2)CC1. The highest BCUT2D eigenvalue weighted by atomic mass is 35.5. The van der Waals surface area contributed by atoms with Crippen molar-refractivity contribution >= 4 is 17.5 Å². The Balaban J connectivity index is 1.99. The minimum Gasteiger partial charge on any atom is -0.506 e. The van der Waals surface area contributed by atoms with Gasteiger partial charge in [-0.2, -0.15) is 0 Å². The molecule has 0 unspecified atom stereocenters. The molecule has 0 saturated carbocycles. The summed E-state index contributed by atoms with van der Waals surface area (Å²) in [6.07, 6.45) is 1.99. The molecule has 104 valence electrons. The molecule has 0 spiro atoms. The molecule has 1 aromatic rings. The Labute approximate surface area is 117 Å². The number of halogens is 1. The summed E-state index contributed by atoms with van der Waals surface area (Å²) in [6, 6.07) is 4.55. The Morgan fingerprint density at radius 3 is 2.74 bits per heavy atom. The van der Waals surface area contributed by atoms with Crippen molar-refractivity contribution in [2.45, 2.75) is 25.9 Å². The third kappa shape index (κ3) is 3.39. The lowest BCUT2D eigenvalue weighted by Gasteiger charge is -2.31. The number of hydrogen-bond acceptors (Lipinski definition) is 3. The number of amides is 1. The highest BCUT2D eigenvalue weighted by molar-refractivity contribution is 6.32. The van der Waals surface area contributed by atoms with Crippen molar-refractivity contribution in [3.05, 3.63) is 28.8 Å². The molecule has 19 heavy (non-hydrogen) atoms. The highest BCUT2D eigenvalue weighted by Crippen LogP contribution is 2.25. The van der Waals surface area contributed by atoms with Crippen molar-refractivity contribution in [2.75, 3.05) is 19.7 Å². The Kier molecular flexibility index (Phi) is 4.66. The van der Waals surface area contributed by atoms with Gasteiger partial charge in [-0.1, -0.05) is 11.6 Å². The molecule has 1 amide bonds. The standard InChI is InChI=1S/C14H18ClNO3/c1-2-19-11-5-7-16(8-6-11)14(18)10-3-4-13(17)12(15)9-10/h3-4,9,11,17H,2,5-8H2,1H3. The summed E-state index contributed by atoms with van der Waals surface area (Å²) in [4.78, 5) is 14.1. The van der Waals surface area contributed by atoms with E-state index in [0.29, 0.717) is 25.3 Å². The first-order valence-electron chi connectivity index (χ1n) is 6.51. The van der Waals surface area contributed by atoms with Crippen molar-refractivity contribution in [1.29, 1.82) is 0 Å². The number of hydrogen-bond donors (Lipinski definition) is 1. The second-order valence-electron chi connectivity index (χ2n) is 4.61. The van der Waals surface area contributed by atoms with E-state index >= 15 is 0 Å². The van der Waals surface area contributed by atoms with Crippen molar-refractivity contribution in [3.63, 3.8) is 0 Å². The second-order valence-corrected chi connectivity index (χ2v) is 5.02. The number of nitrogens with zero attached hydrogens (tertiary/aromatic N) is 1. The molecule has 1 heterocycles. The van der Waals surface area contributed by atoms with Crippen LogP contribution < -0.4 is 0 Å². The first-order valence-corrected chi connectivity index (χ1v) is 6.89. The summed E-state index contributed by atoms with van der Waals surface area (Å²) in [7, 11) is 0. The van der Waals surface area contributed by atoms with Gasteiger partial charge in [0.1, 0.15) is 5.75 Å². The number of aromatic hydroxyl groups is 1. The van der Waals surface area contributed by atoms with Gasteiger partial charge < -0.3 is 14.7 Å². The first kappa shape index (κ1) is 14.2. The molecule has 1 fully saturated rings. The quantitative estimate of drug-likeness (QED) is 0.928. The number of benzene rings is 1. The Morgan fingerprint density at radius 2 is 2.16 bits per heavy atom. The second kappa shape index (κ2) is 6.26. The summed E-state index contributed by atoms with van der Waals surface area (Å²) < 4.78 is 5.56. The fourth-order valence-electron chi connectivity index (χ4n) is 2.28. The normalized spacial score (nSPS) is 16.6. The molecular weight excluding hydrogens is 266 g/mol. The lowest BCUT2D eigenvalue weighted by atomic mass is 10.1. The molecule has 0 radical (unpaired) electrons. The van der Waals surface area contributed by atoms with Crippen molar-refractivity contribution in [2.24, 2.45) is 0 Å². The third-order valence-corrected chi connectivity index (χ3v) is 3.63. The van der Waals surface area contributed by atoms with Gasteiger partial charge in [0.05, 0.1) is 11.1 Å². The third-order valence-electron chi connectivity index (χ3n) is 3.33. The van der Waals surface area contributed by atoms with Crippen LogP contribution in [0.25, 0.3) is 0 Å². The van der Waals surface area contributed by atoms with E-state index < -0.39 is 0 Å². The molecule has 5 heteroatoms. The van der Waals surface area contributed by atoms with Crippen LogP contribution in [0.1, 0.15) is 30.1 Å². The topological polar surface area (TPSA) is 49.8 Å². The first-order chi connectivity index (χ1) is 9.11. The number of phenols is 1. The molecule has 1 saturated heterocycles. The van der Waals surface area contributed by atoms with E-state index in [4.69, 9.17) is 16.3 Å². The van der Waals surface area contributed by atoms with E-state index in [1.165, 1.54) is 12.1 Å². The van der Waals surface area contributed by atoms with E-state index in [1.54, 1.807) is 11.0 Å². The van der Waals surface area contributed by atoms with Crippen LogP contribution in [0.2, 0.25) is 5.02 Å². The summed E-state index contributed by atoms with van der Waals surface area (Å²) in [5, 5.41) is 9.56. The van der Waals surface area contributed by atoms with E-state index in [9.17, 15) is 9.90 Å². The predicted molar refractivity (Wildman–Crippen MR) is 73.7 cm³/mol. The van der Waals surface area contributed by atoms with Crippen LogP contribution in [-0.4, -0.2) is 41.7 Å². The molecule has 0 bridgehead atoms. The van der Waals surface area contributed by atoms with Gasteiger partial charge in [-0.3, -0.25) is 4.79 Å². The fraction of sp³-hybridized carbons (Fsp3) is 0.500. The number of piperidine rings is 1. The molecule has 0 aromatic heterocycles. The number of carbonyl (C=O) groups excluding carboxylic acids is 1. The lowest BCUT2D eigenvalue weighted by Crippen LogP contribution is -2.40. The average Bonchev–Trinajstić information content (AvgIpc) is 2.42. The van der Waals surface area contributed by atoms with Gasteiger partial charge in [0, 0.05) is 25.3 Å². The monoisotopic (exact) mass is 283 g/mol. The van der Waals surface area contributed by atoms with Gasteiger partial charge in [0.15, 0.2) is 0 Å². The smallest absolute Gasteiger partial charge is 0.253 e. The molecular formula is C14H18ClNO3. The molecule has 1 N–H and O–H groups in total. The molecule has 4 nitrogen and oxygen atoms in total. The van der Waals surface area contributed by atoms with Crippen molar-refractivity contribution < 1.29 is 14.6 Å². The average molecular weight is 284 g/mol. The largest absolute Gasteiger partial charge is 0.506 e. The minimum atomic E-state index is -0.0446. The Bertz CT molecular complexity index is 456. The van der Waals surface area contributed by atoms with Gasteiger partial charge in [-0.25, -0.2) is 0 Å². The summed E-state index contributed by atoms with van der Waals surface area (Å²) in [5.41, 5.74) is 0.512. The maximum atomic E-state index is 12.3. The van der Waals surface area contributed by atoms with Crippen LogP contribution >= 0.6 is 11.6 Å². The summed E-state index contributed by atoms with van der Waals surface area (Å²) in [5.74, 6) is -0.0508. The molecule has 0 atom stereocenters.